The summed E-state index contributed by atoms with van der Waals surface area (Å²) in [4.78, 5) is 4.60. The highest BCUT2D eigenvalue weighted by Crippen LogP contribution is 2.44. The van der Waals surface area contributed by atoms with Crippen molar-refractivity contribution in [2.24, 2.45) is 16.1 Å². The van der Waals surface area contributed by atoms with Crippen molar-refractivity contribution >= 4 is 29.9 Å². The normalized spacial score (nSPS) is 26.4. The molecule has 3 unspecified atom stereocenters. The Morgan fingerprint density at radius 1 is 1.45 bits per heavy atom. The van der Waals surface area contributed by atoms with E-state index in [0.29, 0.717) is 18.1 Å². The van der Waals surface area contributed by atoms with Gasteiger partial charge in [0, 0.05) is 18.1 Å². The number of nitrogens with zero attached hydrogens (tertiary/aromatic N) is 1. The standard InChI is InChI=1S/C15H31N3O.HI/c1-6-8-9-19-13-10-12(15(13,4)5)18-14(16)17-11(3)7-2;/h11-13H,6-10H2,1-5H3,(H3,16,17,18);1H. The van der Waals surface area contributed by atoms with Crippen LogP contribution in [0.5, 0.6) is 0 Å². The first-order valence-electron chi connectivity index (χ1n) is 7.63. The average molecular weight is 397 g/mol. The van der Waals surface area contributed by atoms with Gasteiger partial charge in [0.25, 0.3) is 0 Å². The summed E-state index contributed by atoms with van der Waals surface area (Å²) >= 11 is 0. The molecule has 1 saturated carbocycles. The van der Waals surface area contributed by atoms with Crippen LogP contribution < -0.4 is 11.1 Å². The van der Waals surface area contributed by atoms with Crippen LogP contribution >= 0.6 is 24.0 Å². The van der Waals surface area contributed by atoms with Crippen molar-refractivity contribution < 1.29 is 4.74 Å². The van der Waals surface area contributed by atoms with E-state index in [9.17, 15) is 0 Å². The third-order valence-electron chi connectivity index (χ3n) is 4.24. The van der Waals surface area contributed by atoms with Gasteiger partial charge >= 0.3 is 0 Å². The van der Waals surface area contributed by atoms with Crippen molar-refractivity contribution in [3.8, 4) is 0 Å². The summed E-state index contributed by atoms with van der Waals surface area (Å²) in [6.07, 6.45) is 4.68. The molecule has 0 bridgehead atoms. The summed E-state index contributed by atoms with van der Waals surface area (Å²) < 4.78 is 5.92. The Morgan fingerprint density at radius 3 is 2.60 bits per heavy atom. The van der Waals surface area contributed by atoms with Gasteiger partial charge in [-0.1, -0.05) is 34.1 Å². The molecule has 3 N–H and O–H groups in total. The molecular weight excluding hydrogens is 365 g/mol. The van der Waals surface area contributed by atoms with Gasteiger partial charge in [-0.2, -0.15) is 0 Å². The van der Waals surface area contributed by atoms with Crippen LogP contribution in [0.15, 0.2) is 4.99 Å². The molecule has 0 spiro atoms. The Morgan fingerprint density at radius 2 is 2.10 bits per heavy atom. The van der Waals surface area contributed by atoms with E-state index in [0.717, 1.165) is 25.9 Å². The zero-order valence-corrected chi connectivity index (χ0v) is 15.9. The molecule has 0 amide bonds. The van der Waals surface area contributed by atoms with Crippen LogP contribution in [0.1, 0.15) is 60.3 Å². The van der Waals surface area contributed by atoms with Crippen molar-refractivity contribution in [2.45, 2.75) is 78.5 Å². The zero-order chi connectivity index (χ0) is 14.5. The molecule has 0 heterocycles. The number of halogens is 1. The smallest absolute Gasteiger partial charge is 0.189 e. The number of rotatable bonds is 7. The minimum atomic E-state index is 0. The lowest BCUT2D eigenvalue weighted by Crippen LogP contribution is -2.55. The van der Waals surface area contributed by atoms with Crippen molar-refractivity contribution in [1.29, 1.82) is 0 Å². The highest BCUT2D eigenvalue weighted by atomic mass is 127. The monoisotopic (exact) mass is 397 g/mol. The third-order valence-corrected chi connectivity index (χ3v) is 4.24. The first-order valence-corrected chi connectivity index (χ1v) is 7.63. The maximum atomic E-state index is 5.95. The predicted octanol–water partition coefficient (Wildman–Crippen LogP) is 3.29. The Kier molecular flexibility index (Phi) is 9.06. The minimum Gasteiger partial charge on any atom is -0.377 e. The second-order valence-electron chi connectivity index (χ2n) is 6.25. The van der Waals surface area contributed by atoms with Crippen LogP contribution in [-0.2, 0) is 4.74 Å². The van der Waals surface area contributed by atoms with Crippen molar-refractivity contribution in [1.82, 2.24) is 5.32 Å². The molecule has 0 radical (unpaired) electrons. The molecule has 120 valence electrons. The molecule has 0 aliphatic heterocycles. The maximum absolute atomic E-state index is 5.95. The molecule has 1 rings (SSSR count). The van der Waals surface area contributed by atoms with E-state index in [1.807, 2.05) is 0 Å². The lowest BCUT2D eigenvalue weighted by Gasteiger charge is -2.49. The van der Waals surface area contributed by atoms with Crippen LogP contribution in [-0.4, -0.2) is 30.8 Å². The summed E-state index contributed by atoms with van der Waals surface area (Å²) in [5.74, 6) is 0.569. The van der Waals surface area contributed by atoms with E-state index in [1.54, 1.807) is 0 Å². The fourth-order valence-electron chi connectivity index (χ4n) is 2.30. The molecule has 20 heavy (non-hydrogen) atoms. The van der Waals surface area contributed by atoms with E-state index in [1.165, 1.54) is 6.42 Å². The highest BCUT2D eigenvalue weighted by molar-refractivity contribution is 14.0. The van der Waals surface area contributed by atoms with Gasteiger partial charge in [0.15, 0.2) is 5.96 Å². The molecule has 0 aromatic rings. The first-order chi connectivity index (χ1) is 8.91. The van der Waals surface area contributed by atoms with E-state index >= 15 is 0 Å². The van der Waals surface area contributed by atoms with Gasteiger partial charge in [0.1, 0.15) is 0 Å². The zero-order valence-electron chi connectivity index (χ0n) is 13.6. The fraction of sp³-hybridized carbons (Fsp3) is 0.933. The van der Waals surface area contributed by atoms with Crippen LogP contribution in [0.4, 0.5) is 0 Å². The molecule has 0 aromatic heterocycles. The molecule has 0 aromatic carbocycles. The van der Waals surface area contributed by atoms with Crippen LogP contribution in [0.25, 0.3) is 0 Å². The Bertz CT molecular complexity index is 307. The number of guanidine groups is 1. The number of nitrogens with one attached hydrogen (secondary N) is 1. The Balaban J connectivity index is 0.00000361. The third kappa shape index (κ3) is 5.39. The van der Waals surface area contributed by atoms with Gasteiger partial charge < -0.3 is 15.8 Å². The minimum absolute atomic E-state index is 0. The van der Waals surface area contributed by atoms with Gasteiger partial charge in [-0.3, -0.25) is 0 Å². The topological polar surface area (TPSA) is 59.6 Å². The number of ether oxygens (including phenoxy) is 1. The van der Waals surface area contributed by atoms with Crippen LogP contribution in [0.2, 0.25) is 0 Å². The first kappa shape index (κ1) is 20.0. The Hall–Kier alpha value is -0.0400. The van der Waals surface area contributed by atoms with Crippen molar-refractivity contribution in [2.75, 3.05) is 6.61 Å². The fourth-order valence-corrected chi connectivity index (χ4v) is 2.30. The molecule has 1 aliphatic carbocycles. The number of hydrogen-bond donors (Lipinski definition) is 2. The molecule has 4 nitrogen and oxygen atoms in total. The molecular formula is C15H32IN3O. The van der Waals surface area contributed by atoms with Crippen molar-refractivity contribution in [3.05, 3.63) is 0 Å². The number of hydrogen-bond acceptors (Lipinski definition) is 2. The largest absolute Gasteiger partial charge is 0.377 e. The molecule has 3 atom stereocenters. The van der Waals surface area contributed by atoms with E-state index in [2.05, 4.69) is 44.9 Å². The predicted molar refractivity (Wildman–Crippen MR) is 96.8 cm³/mol. The second-order valence-corrected chi connectivity index (χ2v) is 6.25. The van der Waals surface area contributed by atoms with Crippen molar-refractivity contribution in [3.63, 3.8) is 0 Å². The summed E-state index contributed by atoms with van der Waals surface area (Å²) in [7, 11) is 0. The number of unbranched alkanes of at least 4 members (excludes halogenated alkanes) is 1. The van der Waals surface area contributed by atoms with Crippen LogP contribution in [0, 0.1) is 5.41 Å². The van der Waals surface area contributed by atoms with Gasteiger partial charge in [0.2, 0.25) is 0 Å². The van der Waals surface area contributed by atoms with Gasteiger partial charge in [-0.15, -0.1) is 24.0 Å². The highest BCUT2D eigenvalue weighted by Gasteiger charge is 2.49. The quantitative estimate of drug-likeness (QED) is 0.300. The summed E-state index contributed by atoms with van der Waals surface area (Å²) in [6, 6.07) is 0.652. The van der Waals surface area contributed by atoms with Crippen LogP contribution in [0.3, 0.4) is 0 Å². The van der Waals surface area contributed by atoms with E-state index in [-0.39, 0.29) is 35.4 Å². The number of aliphatic imine (C=N–C) groups is 1. The number of nitrogens with two attached hydrogens (primary N) is 1. The lowest BCUT2D eigenvalue weighted by molar-refractivity contribution is -0.107. The average Bonchev–Trinajstić information content (AvgIpc) is 2.36. The summed E-state index contributed by atoms with van der Waals surface area (Å²) in [5, 5.41) is 3.22. The van der Waals surface area contributed by atoms with E-state index < -0.39 is 0 Å². The molecule has 1 aliphatic rings. The SMILES string of the molecule is CCCCOC1CC(N=C(N)NC(C)CC)C1(C)C.I. The Labute approximate surface area is 141 Å². The van der Waals surface area contributed by atoms with Gasteiger partial charge in [0.05, 0.1) is 12.1 Å². The summed E-state index contributed by atoms with van der Waals surface area (Å²) in [5.41, 5.74) is 6.04. The van der Waals surface area contributed by atoms with Gasteiger partial charge in [-0.25, -0.2) is 4.99 Å². The lowest BCUT2D eigenvalue weighted by atomic mass is 9.65. The maximum Gasteiger partial charge on any atom is 0.189 e. The van der Waals surface area contributed by atoms with E-state index in [4.69, 9.17) is 10.5 Å². The van der Waals surface area contributed by atoms with Gasteiger partial charge in [-0.05, 0) is 26.2 Å². The molecule has 1 fully saturated rings. The second kappa shape index (κ2) is 9.07. The molecule has 5 heteroatoms. The molecule has 0 saturated heterocycles. The summed E-state index contributed by atoms with van der Waals surface area (Å²) in [6.45, 7) is 11.7.